The van der Waals surface area contributed by atoms with E-state index in [1.54, 1.807) is 6.92 Å². The molecule has 0 aromatic heterocycles. The summed E-state index contributed by atoms with van der Waals surface area (Å²) in [7, 11) is 0. The van der Waals surface area contributed by atoms with Crippen molar-refractivity contribution in [1.82, 2.24) is 0 Å². The molecule has 3 heteroatoms. The second kappa shape index (κ2) is 5.13. The van der Waals surface area contributed by atoms with Gasteiger partial charge in [-0.25, -0.2) is 8.78 Å². The summed E-state index contributed by atoms with van der Waals surface area (Å²) in [5.41, 5.74) is 0.681. The molecule has 0 fully saturated rings. The van der Waals surface area contributed by atoms with Crippen LogP contribution in [0.25, 0.3) is 0 Å². The Kier molecular flexibility index (Phi) is 4.31. The first-order valence-corrected chi connectivity index (χ1v) is 5.87. The summed E-state index contributed by atoms with van der Waals surface area (Å²) in [6, 6.07) is 2.48. The molecule has 1 aromatic rings. The average molecular weight is 247 g/mol. The number of hydrogen-bond acceptors (Lipinski definition) is 0. The topological polar surface area (TPSA) is 0 Å². The van der Waals surface area contributed by atoms with Gasteiger partial charge in [-0.2, -0.15) is 0 Å². The van der Waals surface area contributed by atoms with Crippen LogP contribution in [0.4, 0.5) is 8.78 Å². The number of benzene rings is 1. The van der Waals surface area contributed by atoms with E-state index in [0.717, 1.165) is 0 Å². The summed E-state index contributed by atoms with van der Waals surface area (Å²) in [5.74, 6) is -0.731. The van der Waals surface area contributed by atoms with Crippen molar-refractivity contribution in [3.63, 3.8) is 0 Å². The van der Waals surface area contributed by atoms with Crippen LogP contribution in [0.1, 0.15) is 37.8 Å². The highest BCUT2D eigenvalue weighted by Crippen LogP contribution is 2.31. The molecular formula is C13H17ClF2. The molecule has 0 nitrogen and oxygen atoms in total. The van der Waals surface area contributed by atoms with Crippen LogP contribution in [0.15, 0.2) is 12.1 Å². The number of hydrogen-bond donors (Lipinski definition) is 0. The van der Waals surface area contributed by atoms with Gasteiger partial charge in [-0.1, -0.05) is 20.8 Å². The third kappa shape index (κ3) is 2.73. The molecule has 0 saturated heterocycles. The normalized spacial score (nSPS) is 15.2. The lowest BCUT2D eigenvalue weighted by atomic mass is 9.90. The average Bonchev–Trinajstić information content (AvgIpc) is 2.21. The van der Waals surface area contributed by atoms with E-state index >= 15 is 0 Å². The summed E-state index contributed by atoms with van der Waals surface area (Å²) >= 11 is 6.18. The van der Waals surface area contributed by atoms with Gasteiger partial charge >= 0.3 is 0 Å². The Bertz CT molecular complexity index is 374. The molecule has 0 aliphatic carbocycles. The Balaban J connectivity index is 3.08. The Labute approximate surface area is 101 Å². The van der Waals surface area contributed by atoms with Gasteiger partial charge in [0.25, 0.3) is 0 Å². The van der Waals surface area contributed by atoms with E-state index in [0.29, 0.717) is 11.1 Å². The SMILES string of the molecule is Cc1cc(F)c(C(C)C(Cl)C(C)C)cc1F. The van der Waals surface area contributed by atoms with Crippen LogP contribution in [0.5, 0.6) is 0 Å². The van der Waals surface area contributed by atoms with E-state index in [4.69, 9.17) is 11.6 Å². The number of rotatable bonds is 3. The van der Waals surface area contributed by atoms with Crippen molar-refractivity contribution in [2.75, 3.05) is 0 Å². The Hall–Kier alpha value is -0.630. The molecule has 2 atom stereocenters. The molecule has 1 rings (SSSR count). The summed E-state index contributed by atoms with van der Waals surface area (Å²) in [5, 5.41) is -0.198. The highest BCUT2D eigenvalue weighted by Gasteiger charge is 2.23. The van der Waals surface area contributed by atoms with E-state index in [1.807, 2.05) is 20.8 Å². The fourth-order valence-electron chi connectivity index (χ4n) is 1.76. The van der Waals surface area contributed by atoms with Gasteiger partial charge in [0.2, 0.25) is 0 Å². The van der Waals surface area contributed by atoms with Gasteiger partial charge < -0.3 is 0 Å². The molecule has 1 aromatic carbocycles. The van der Waals surface area contributed by atoms with Gasteiger partial charge in [-0.3, -0.25) is 0 Å². The molecule has 0 aliphatic rings. The van der Waals surface area contributed by atoms with Gasteiger partial charge in [0.15, 0.2) is 0 Å². The second-order valence-electron chi connectivity index (χ2n) is 4.60. The van der Waals surface area contributed by atoms with E-state index in [2.05, 4.69) is 0 Å². The van der Waals surface area contributed by atoms with Gasteiger partial charge in [0.1, 0.15) is 11.6 Å². The van der Waals surface area contributed by atoms with Gasteiger partial charge in [-0.05, 0) is 36.1 Å². The minimum absolute atomic E-state index is 0.197. The van der Waals surface area contributed by atoms with E-state index in [-0.39, 0.29) is 28.8 Å². The third-order valence-corrected chi connectivity index (χ3v) is 3.76. The highest BCUT2D eigenvalue weighted by molar-refractivity contribution is 6.21. The van der Waals surface area contributed by atoms with Crippen LogP contribution >= 0.6 is 11.6 Å². The van der Waals surface area contributed by atoms with Crippen LogP contribution < -0.4 is 0 Å². The third-order valence-electron chi connectivity index (χ3n) is 2.88. The van der Waals surface area contributed by atoms with Crippen molar-refractivity contribution in [3.8, 4) is 0 Å². The van der Waals surface area contributed by atoms with Crippen LogP contribution in [0.3, 0.4) is 0 Å². The molecule has 0 amide bonds. The Morgan fingerprint density at radius 1 is 1.06 bits per heavy atom. The molecule has 0 radical (unpaired) electrons. The molecule has 0 N–H and O–H groups in total. The maximum Gasteiger partial charge on any atom is 0.127 e. The van der Waals surface area contributed by atoms with Crippen molar-refractivity contribution >= 4 is 11.6 Å². The predicted molar refractivity (Wildman–Crippen MR) is 64.0 cm³/mol. The van der Waals surface area contributed by atoms with Crippen molar-refractivity contribution in [2.24, 2.45) is 5.92 Å². The molecule has 0 heterocycles. The highest BCUT2D eigenvalue weighted by atomic mass is 35.5. The number of halogens is 3. The monoisotopic (exact) mass is 246 g/mol. The van der Waals surface area contributed by atoms with Gasteiger partial charge in [0, 0.05) is 11.3 Å². The number of alkyl halides is 1. The molecule has 0 bridgehead atoms. The fraction of sp³-hybridized carbons (Fsp3) is 0.538. The Morgan fingerprint density at radius 2 is 1.62 bits per heavy atom. The molecule has 2 unspecified atom stereocenters. The molecular weight excluding hydrogens is 230 g/mol. The maximum atomic E-state index is 13.7. The molecule has 0 spiro atoms. The van der Waals surface area contributed by atoms with Crippen LogP contribution in [0, 0.1) is 24.5 Å². The predicted octanol–water partition coefficient (Wildman–Crippen LogP) is 4.64. The van der Waals surface area contributed by atoms with Crippen LogP contribution in [0.2, 0.25) is 0 Å². The summed E-state index contributed by atoms with van der Waals surface area (Å²) < 4.78 is 27.1. The lowest BCUT2D eigenvalue weighted by molar-refractivity contribution is 0.502. The van der Waals surface area contributed by atoms with Crippen molar-refractivity contribution in [2.45, 2.75) is 39.0 Å². The molecule has 0 aliphatic heterocycles. The van der Waals surface area contributed by atoms with Crippen molar-refractivity contribution in [3.05, 3.63) is 34.9 Å². The zero-order chi connectivity index (χ0) is 12.5. The first-order chi connectivity index (χ1) is 7.34. The van der Waals surface area contributed by atoms with E-state index in [1.165, 1.54) is 12.1 Å². The second-order valence-corrected chi connectivity index (χ2v) is 5.10. The quantitative estimate of drug-likeness (QED) is 0.682. The maximum absolute atomic E-state index is 13.7. The van der Waals surface area contributed by atoms with Gasteiger partial charge in [-0.15, -0.1) is 11.6 Å². The minimum atomic E-state index is -0.379. The number of aryl methyl sites for hydroxylation is 1. The minimum Gasteiger partial charge on any atom is -0.207 e. The van der Waals surface area contributed by atoms with Crippen molar-refractivity contribution < 1.29 is 8.78 Å². The summed E-state index contributed by atoms with van der Waals surface area (Å²) in [6.45, 7) is 7.31. The van der Waals surface area contributed by atoms with Crippen LogP contribution in [-0.4, -0.2) is 5.38 Å². The van der Waals surface area contributed by atoms with Crippen molar-refractivity contribution in [1.29, 1.82) is 0 Å². The standard InChI is InChI=1S/C13H17ClF2/c1-7(2)13(14)9(4)10-6-11(15)8(3)5-12(10)16/h5-7,9,13H,1-4H3. The molecule has 16 heavy (non-hydrogen) atoms. The first kappa shape index (κ1) is 13.4. The lowest BCUT2D eigenvalue weighted by Crippen LogP contribution is -2.17. The zero-order valence-electron chi connectivity index (χ0n) is 10.0. The summed E-state index contributed by atoms with van der Waals surface area (Å²) in [6.07, 6.45) is 0. The molecule has 0 saturated carbocycles. The fourth-order valence-corrected chi connectivity index (χ4v) is 1.90. The molecule has 90 valence electrons. The lowest BCUT2D eigenvalue weighted by Gasteiger charge is -2.22. The largest absolute Gasteiger partial charge is 0.207 e. The summed E-state index contributed by atoms with van der Waals surface area (Å²) in [4.78, 5) is 0. The van der Waals surface area contributed by atoms with Crippen LogP contribution in [-0.2, 0) is 0 Å². The first-order valence-electron chi connectivity index (χ1n) is 5.44. The smallest absolute Gasteiger partial charge is 0.127 e. The Morgan fingerprint density at radius 3 is 2.12 bits per heavy atom. The van der Waals surface area contributed by atoms with E-state index < -0.39 is 0 Å². The van der Waals surface area contributed by atoms with Gasteiger partial charge in [0.05, 0.1) is 0 Å². The zero-order valence-corrected chi connectivity index (χ0v) is 10.8. The van der Waals surface area contributed by atoms with E-state index in [9.17, 15) is 8.78 Å².